The van der Waals surface area contributed by atoms with Crippen molar-refractivity contribution < 1.29 is 23.1 Å². The van der Waals surface area contributed by atoms with Crippen molar-refractivity contribution in [3.63, 3.8) is 0 Å². The highest BCUT2D eigenvalue weighted by molar-refractivity contribution is 7.99. The summed E-state index contributed by atoms with van der Waals surface area (Å²) in [5.41, 5.74) is 0.693. The summed E-state index contributed by atoms with van der Waals surface area (Å²) in [6.07, 6.45) is 7.01. The molecule has 0 aliphatic carbocycles. The van der Waals surface area contributed by atoms with E-state index in [4.69, 9.17) is 4.74 Å². The average molecular weight is 485 g/mol. The highest BCUT2D eigenvalue weighted by atomic mass is 32.2. The number of ether oxygens (including phenoxy) is 1. The Morgan fingerprint density at radius 3 is 2.61 bits per heavy atom. The van der Waals surface area contributed by atoms with Crippen LogP contribution < -0.4 is 5.32 Å². The molecule has 0 fully saturated rings. The monoisotopic (exact) mass is 484 g/mol. The number of allylic oxidation sites excluding steroid dienone is 2. The van der Waals surface area contributed by atoms with Gasteiger partial charge in [-0.15, -0.1) is 0 Å². The maximum absolute atomic E-state index is 13.3. The predicted octanol–water partition coefficient (Wildman–Crippen LogP) is 4.95. The Labute approximate surface area is 201 Å². The summed E-state index contributed by atoms with van der Waals surface area (Å²) >= 11 is 1.61. The second kappa shape index (κ2) is 15.1. The van der Waals surface area contributed by atoms with E-state index in [0.29, 0.717) is 36.4 Å². The summed E-state index contributed by atoms with van der Waals surface area (Å²) in [4.78, 5) is 25.3. The lowest BCUT2D eigenvalue weighted by molar-refractivity contribution is -0.132. The topological polar surface area (TPSA) is 58.6 Å². The third kappa shape index (κ3) is 12.8. The lowest BCUT2D eigenvalue weighted by Gasteiger charge is -2.20. The Hall–Kier alpha value is -1.93. The van der Waals surface area contributed by atoms with E-state index in [1.54, 1.807) is 18.9 Å². The highest BCUT2D eigenvalue weighted by Gasteiger charge is 2.19. The maximum Gasteiger partial charge on any atom is 0.249 e. The van der Waals surface area contributed by atoms with E-state index in [2.05, 4.69) is 38.2 Å². The summed E-state index contributed by atoms with van der Waals surface area (Å²) in [5, 5.41) is 2.99. The first kappa shape index (κ1) is 29.1. The van der Waals surface area contributed by atoms with Crippen LogP contribution in [0.1, 0.15) is 52.5 Å². The Morgan fingerprint density at radius 2 is 2.00 bits per heavy atom. The van der Waals surface area contributed by atoms with Crippen LogP contribution in [0.2, 0.25) is 0 Å². The fourth-order valence-corrected chi connectivity index (χ4v) is 4.04. The van der Waals surface area contributed by atoms with Crippen molar-refractivity contribution in [2.45, 2.75) is 65.6 Å². The van der Waals surface area contributed by atoms with E-state index in [1.165, 1.54) is 11.0 Å². The quantitative estimate of drug-likeness (QED) is 0.217. The molecule has 5 nitrogen and oxygen atoms in total. The van der Waals surface area contributed by atoms with Crippen molar-refractivity contribution in [3.05, 3.63) is 47.5 Å². The van der Waals surface area contributed by atoms with Gasteiger partial charge in [0.05, 0.1) is 0 Å². The first-order chi connectivity index (χ1) is 15.6. The van der Waals surface area contributed by atoms with Gasteiger partial charge in [-0.05, 0) is 49.3 Å². The molecule has 1 rings (SSSR count). The molecule has 0 bridgehead atoms. The van der Waals surface area contributed by atoms with Crippen molar-refractivity contribution in [3.8, 4) is 0 Å². The molecule has 0 aromatic heterocycles. The second-order valence-electron chi connectivity index (χ2n) is 9.23. The number of amides is 2. The van der Waals surface area contributed by atoms with Gasteiger partial charge >= 0.3 is 0 Å². The molecule has 8 heteroatoms. The molecular weight excluding hydrogens is 446 g/mol. The SMILES string of the molecule is COC(CCC/C=C/C(C)(C)C)C(=O)NC(C)CSCCN(C=O)Cc1ccc(F)c(F)c1. The number of hydrogen-bond donors (Lipinski definition) is 1. The largest absolute Gasteiger partial charge is 0.372 e. The number of carbonyl (C=O) groups excluding carboxylic acids is 2. The molecule has 1 N–H and O–H groups in total. The summed E-state index contributed by atoms with van der Waals surface area (Å²) in [7, 11) is 1.55. The first-order valence-corrected chi connectivity index (χ1v) is 12.4. The van der Waals surface area contributed by atoms with Gasteiger partial charge in [-0.1, -0.05) is 39.0 Å². The summed E-state index contributed by atoms with van der Waals surface area (Å²) < 4.78 is 31.7. The van der Waals surface area contributed by atoms with Gasteiger partial charge in [0.2, 0.25) is 12.3 Å². The maximum atomic E-state index is 13.3. The van der Waals surface area contributed by atoms with Crippen LogP contribution in [0.15, 0.2) is 30.4 Å². The van der Waals surface area contributed by atoms with Gasteiger partial charge in [-0.2, -0.15) is 11.8 Å². The molecule has 2 amide bonds. The number of thioether (sulfide) groups is 1. The van der Waals surface area contributed by atoms with Crippen LogP contribution >= 0.6 is 11.8 Å². The van der Waals surface area contributed by atoms with E-state index in [1.807, 2.05) is 6.92 Å². The van der Waals surface area contributed by atoms with Gasteiger partial charge in [0.1, 0.15) is 6.10 Å². The molecule has 0 radical (unpaired) electrons. The van der Waals surface area contributed by atoms with E-state index in [9.17, 15) is 18.4 Å². The molecule has 0 aliphatic rings. The van der Waals surface area contributed by atoms with Crippen molar-refractivity contribution in [1.82, 2.24) is 10.2 Å². The number of unbranched alkanes of at least 4 members (excludes halogenated alkanes) is 1. The summed E-state index contributed by atoms with van der Waals surface area (Å²) in [6, 6.07) is 3.58. The van der Waals surface area contributed by atoms with E-state index >= 15 is 0 Å². The fourth-order valence-electron chi connectivity index (χ4n) is 3.07. The van der Waals surface area contributed by atoms with Crippen LogP contribution in [0.25, 0.3) is 0 Å². The smallest absolute Gasteiger partial charge is 0.249 e. The van der Waals surface area contributed by atoms with E-state index in [-0.39, 0.29) is 23.9 Å². The molecule has 1 aromatic rings. The molecule has 0 heterocycles. The minimum absolute atomic E-state index is 0.0446. The number of hydrogen-bond acceptors (Lipinski definition) is 4. The van der Waals surface area contributed by atoms with Crippen molar-refractivity contribution in [1.29, 1.82) is 0 Å². The van der Waals surface area contributed by atoms with Gasteiger partial charge < -0.3 is 15.0 Å². The van der Waals surface area contributed by atoms with Gasteiger partial charge in [-0.25, -0.2) is 8.78 Å². The van der Waals surface area contributed by atoms with Gasteiger partial charge in [0, 0.05) is 37.7 Å². The molecule has 33 heavy (non-hydrogen) atoms. The molecule has 0 aliphatic heterocycles. The molecule has 0 saturated heterocycles. The number of benzene rings is 1. The number of methoxy groups -OCH3 is 1. The normalized spacial score (nSPS) is 13.7. The Bertz CT molecular complexity index is 769. The number of halogens is 2. The molecule has 2 atom stereocenters. The third-order valence-electron chi connectivity index (χ3n) is 4.83. The highest BCUT2D eigenvalue weighted by Crippen LogP contribution is 2.16. The molecule has 2 unspecified atom stereocenters. The zero-order valence-electron chi connectivity index (χ0n) is 20.4. The molecule has 186 valence electrons. The van der Waals surface area contributed by atoms with Gasteiger partial charge in [-0.3, -0.25) is 9.59 Å². The zero-order valence-corrected chi connectivity index (χ0v) is 21.2. The minimum Gasteiger partial charge on any atom is -0.372 e. The average Bonchev–Trinajstić information content (AvgIpc) is 2.74. The summed E-state index contributed by atoms with van der Waals surface area (Å²) in [6.45, 7) is 9.07. The van der Waals surface area contributed by atoms with Crippen LogP contribution in [0.5, 0.6) is 0 Å². The number of rotatable bonds is 15. The van der Waals surface area contributed by atoms with Crippen LogP contribution in [-0.4, -0.2) is 54.5 Å². The predicted molar refractivity (Wildman–Crippen MR) is 131 cm³/mol. The van der Waals surface area contributed by atoms with E-state index < -0.39 is 17.7 Å². The number of carbonyl (C=O) groups is 2. The van der Waals surface area contributed by atoms with Crippen molar-refractivity contribution >= 4 is 24.1 Å². The van der Waals surface area contributed by atoms with Crippen LogP contribution in [-0.2, 0) is 20.9 Å². The molecule has 0 saturated carbocycles. The van der Waals surface area contributed by atoms with Gasteiger partial charge in [0.25, 0.3) is 0 Å². The number of nitrogens with one attached hydrogen (secondary N) is 1. The van der Waals surface area contributed by atoms with Crippen molar-refractivity contribution in [2.75, 3.05) is 25.2 Å². The number of nitrogens with zero attached hydrogens (tertiary/aromatic N) is 1. The Morgan fingerprint density at radius 1 is 1.27 bits per heavy atom. The van der Waals surface area contributed by atoms with Crippen LogP contribution in [0.4, 0.5) is 8.78 Å². The third-order valence-corrected chi connectivity index (χ3v) is 6.04. The Kier molecular flexibility index (Phi) is 13.3. The summed E-state index contributed by atoms with van der Waals surface area (Å²) in [5.74, 6) is -0.590. The molecular formula is C25H38F2N2O3S. The first-order valence-electron chi connectivity index (χ1n) is 11.3. The standard InChI is InChI=1S/C25H38F2N2O3S/c1-19(28-24(31)23(32-5)9-7-6-8-12-25(2,3)4)17-33-14-13-29(18-30)16-20-10-11-21(26)22(27)15-20/h8,10-12,15,18-19,23H,6-7,9,13-14,16-17H2,1-5H3,(H,28,31)/b12-8+. The zero-order chi connectivity index (χ0) is 24.9. The van der Waals surface area contributed by atoms with Crippen LogP contribution in [0.3, 0.4) is 0 Å². The van der Waals surface area contributed by atoms with Crippen LogP contribution in [0, 0.1) is 17.0 Å². The second-order valence-corrected chi connectivity index (χ2v) is 10.4. The van der Waals surface area contributed by atoms with E-state index in [0.717, 1.165) is 25.0 Å². The van der Waals surface area contributed by atoms with Crippen molar-refractivity contribution in [2.24, 2.45) is 5.41 Å². The van der Waals surface area contributed by atoms with Gasteiger partial charge in [0.15, 0.2) is 11.6 Å². The molecule has 1 aromatic carbocycles. The Balaban J connectivity index is 2.31. The lowest BCUT2D eigenvalue weighted by atomic mass is 9.95. The lowest BCUT2D eigenvalue weighted by Crippen LogP contribution is -2.42. The minimum atomic E-state index is -0.923. The fraction of sp³-hybridized carbons (Fsp3) is 0.600. The molecule has 0 spiro atoms.